The van der Waals surface area contributed by atoms with Crippen molar-refractivity contribution in [2.45, 2.75) is 31.7 Å². The van der Waals surface area contributed by atoms with Crippen LogP contribution in [0.25, 0.3) is 0 Å². The van der Waals surface area contributed by atoms with Crippen LogP contribution in [-0.4, -0.2) is 52.7 Å². The number of nitrogens with one attached hydrogen (secondary N) is 1. The van der Waals surface area contributed by atoms with E-state index in [1.165, 1.54) is 14.0 Å². The van der Waals surface area contributed by atoms with Gasteiger partial charge in [-0.05, 0) is 32.0 Å². The van der Waals surface area contributed by atoms with E-state index in [2.05, 4.69) is 0 Å². The fraction of sp³-hybridized carbons (Fsp3) is 0.400. The second-order valence-electron chi connectivity index (χ2n) is 5.63. The van der Waals surface area contributed by atoms with Crippen LogP contribution in [-0.2, 0) is 9.59 Å². The summed E-state index contributed by atoms with van der Waals surface area (Å²) in [6, 6.07) is 1.99. The first-order valence-electron chi connectivity index (χ1n) is 7.08. The molecule has 1 rings (SSSR count). The highest BCUT2D eigenvalue weighted by Gasteiger charge is 2.55. The van der Waals surface area contributed by atoms with E-state index in [-0.39, 0.29) is 23.2 Å². The van der Waals surface area contributed by atoms with Crippen molar-refractivity contribution >= 4 is 35.1 Å². The van der Waals surface area contributed by atoms with Gasteiger partial charge in [0.15, 0.2) is 0 Å². The number of anilines is 1. The SMILES string of the molecule is C[C@@H](C(=O)[O-])N(C)C(=O)c1ccc(NC(=O)[C@@](C)(O)C(F)(F)F)c(Cl)c1. The van der Waals surface area contributed by atoms with Gasteiger partial charge in [-0.15, -0.1) is 0 Å². The molecule has 2 atom stereocenters. The van der Waals surface area contributed by atoms with E-state index in [1.807, 2.05) is 5.32 Å². The van der Waals surface area contributed by atoms with E-state index < -0.39 is 35.6 Å². The lowest BCUT2D eigenvalue weighted by Gasteiger charge is -2.26. The molecule has 0 unspecified atom stereocenters. The molecule has 0 fully saturated rings. The van der Waals surface area contributed by atoms with Gasteiger partial charge in [0.2, 0.25) is 5.60 Å². The molecule has 0 saturated carbocycles. The molecule has 2 amide bonds. The van der Waals surface area contributed by atoms with Crippen molar-refractivity contribution in [3.63, 3.8) is 0 Å². The number of halogens is 4. The van der Waals surface area contributed by atoms with Crippen molar-refractivity contribution in [1.29, 1.82) is 0 Å². The van der Waals surface area contributed by atoms with Crippen LogP contribution in [0.3, 0.4) is 0 Å². The number of carboxylic acids is 1. The Kier molecular flexibility index (Phi) is 6.26. The van der Waals surface area contributed by atoms with Crippen molar-refractivity contribution in [3.8, 4) is 0 Å². The molecule has 0 heterocycles. The van der Waals surface area contributed by atoms with Gasteiger partial charge in [0.25, 0.3) is 11.8 Å². The Bertz CT molecular complexity index is 736. The van der Waals surface area contributed by atoms with Crippen molar-refractivity contribution in [2.24, 2.45) is 0 Å². The molecule has 0 radical (unpaired) electrons. The number of hydrogen-bond acceptors (Lipinski definition) is 5. The average molecular weight is 396 g/mol. The summed E-state index contributed by atoms with van der Waals surface area (Å²) in [6.07, 6.45) is -5.21. The minimum Gasteiger partial charge on any atom is -0.548 e. The number of carbonyl (C=O) groups excluding carboxylic acids is 3. The van der Waals surface area contributed by atoms with Crippen LogP contribution < -0.4 is 10.4 Å². The molecule has 26 heavy (non-hydrogen) atoms. The van der Waals surface area contributed by atoms with E-state index >= 15 is 0 Å². The Morgan fingerprint density at radius 1 is 1.31 bits per heavy atom. The number of likely N-dealkylation sites (N-methyl/N-ethyl adjacent to an activating group) is 1. The summed E-state index contributed by atoms with van der Waals surface area (Å²) in [5.41, 5.74) is -3.98. The molecule has 11 heteroatoms. The molecule has 0 bridgehead atoms. The number of aliphatic carboxylic acids is 1. The molecular weight excluding hydrogens is 381 g/mol. The second-order valence-corrected chi connectivity index (χ2v) is 6.04. The molecular formula is C15H15ClF3N2O5-. The maximum Gasteiger partial charge on any atom is 0.426 e. The summed E-state index contributed by atoms with van der Waals surface area (Å²) in [5, 5.41) is 21.6. The summed E-state index contributed by atoms with van der Waals surface area (Å²) in [6.45, 7) is 1.51. The first kappa shape index (κ1) is 21.7. The maximum atomic E-state index is 12.6. The maximum absolute atomic E-state index is 12.6. The number of benzene rings is 1. The first-order valence-corrected chi connectivity index (χ1v) is 7.46. The van der Waals surface area contributed by atoms with Crippen LogP contribution in [0.15, 0.2) is 18.2 Å². The number of aliphatic hydroxyl groups is 1. The van der Waals surface area contributed by atoms with Crippen LogP contribution in [0.2, 0.25) is 5.02 Å². The lowest BCUT2D eigenvalue weighted by Crippen LogP contribution is -2.52. The second kappa shape index (κ2) is 7.50. The Hall–Kier alpha value is -2.33. The number of nitrogens with zero attached hydrogens (tertiary/aromatic N) is 1. The Labute approximate surface area is 151 Å². The van der Waals surface area contributed by atoms with Crippen molar-refractivity contribution < 1.29 is 37.8 Å². The highest BCUT2D eigenvalue weighted by atomic mass is 35.5. The zero-order valence-electron chi connectivity index (χ0n) is 13.8. The van der Waals surface area contributed by atoms with Crippen molar-refractivity contribution in [2.75, 3.05) is 12.4 Å². The smallest absolute Gasteiger partial charge is 0.426 e. The van der Waals surface area contributed by atoms with Gasteiger partial charge >= 0.3 is 6.18 Å². The highest BCUT2D eigenvalue weighted by molar-refractivity contribution is 6.34. The predicted molar refractivity (Wildman–Crippen MR) is 83.3 cm³/mol. The quantitative estimate of drug-likeness (QED) is 0.766. The third kappa shape index (κ3) is 4.44. The number of carbonyl (C=O) groups is 3. The van der Waals surface area contributed by atoms with E-state index in [0.717, 1.165) is 23.1 Å². The average Bonchev–Trinajstić information content (AvgIpc) is 2.53. The zero-order chi connectivity index (χ0) is 20.4. The largest absolute Gasteiger partial charge is 0.548 e. The standard InChI is InChI=1S/C15H16ClF3N2O5/c1-7(12(23)24)21(3)11(22)8-4-5-10(9(16)6-8)20-13(25)14(2,26)15(17,18)19/h4-7,26H,1-3H3,(H,20,25)(H,23,24)/p-1/t7-,14+/m0/s1. The van der Waals surface area contributed by atoms with Crippen LogP contribution >= 0.6 is 11.6 Å². The summed E-state index contributed by atoms with van der Waals surface area (Å²) in [5.74, 6) is -3.97. The molecule has 0 saturated heterocycles. The fourth-order valence-corrected chi connectivity index (χ4v) is 1.89. The number of amides is 2. The van der Waals surface area contributed by atoms with Crippen molar-refractivity contribution in [1.82, 2.24) is 4.90 Å². The predicted octanol–water partition coefficient (Wildman–Crippen LogP) is 0.802. The van der Waals surface area contributed by atoms with E-state index in [1.54, 1.807) is 0 Å². The normalized spacial score (nSPS) is 14.9. The van der Waals surface area contributed by atoms with Gasteiger partial charge in [-0.2, -0.15) is 13.2 Å². The minimum absolute atomic E-state index is 0.0637. The van der Waals surface area contributed by atoms with Crippen LogP contribution in [0.5, 0.6) is 0 Å². The topological polar surface area (TPSA) is 110 Å². The Morgan fingerprint density at radius 2 is 1.85 bits per heavy atom. The molecule has 0 aliphatic rings. The Morgan fingerprint density at radius 3 is 2.27 bits per heavy atom. The van der Waals surface area contributed by atoms with E-state index in [9.17, 15) is 37.8 Å². The number of hydrogen-bond donors (Lipinski definition) is 2. The minimum atomic E-state index is -5.21. The van der Waals surface area contributed by atoms with Gasteiger partial charge in [-0.1, -0.05) is 11.6 Å². The third-order valence-corrected chi connectivity index (χ3v) is 4.01. The van der Waals surface area contributed by atoms with Gasteiger partial charge in [0, 0.05) is 12.6 Å². The highest BCUT2D eigenvalue weighted by Crippen LogP contribution is 2.32. The number of alkyl halides is 3. The molecule has 1 aromatic carbocycles. The third-order valence-electron chi connectivity index (χ3n) is 3.70. The first-order chi connectivity index (χ1) is 11.7. The summed E-state index contributed by atoms with van der Waals surface area (Å²) in [7, 11) is 1.22. The molecule has 1 aromatic rings. The summed E-state index contributed by atoms with van der Waals surface area (Å²) < 4.78 is 37.9. The van der Waals surface area contributed by atoms with Gasteiger partial charge in [-0.3, -0.25) is 9.59 Å². The van der Waals surface area contributed by atoms with Crippen LogP contribution in [0, 0.1) is 0 Å². The van der Waals surface area contributed by atoms with Gasteiger partial charge in [0.05, 0.1) is 22.7 Å². The molecule has 0 aromatic heterocycles. The summed E-state index contributed by atoms with van der Waals surface area (Å²) in [4.78, 5) is 35.5. The fourth-order valence-electron chi connectivity index (χ4n) is 1.66. The van der Waals surface area contributed by atoms with Crippen molar-refractivity contribution in [3.05, 3.63) is 28.8 Å². The Balaban J connectivity index is 3.03. The monoisotopic (exact) mass is 395 g/mol. The summed E-state index contributed by atoms with van der Waals surface area (Å²) >= 11 is 5.85. The molecule has 0 aliphatic carbocycles. The lowest BCUT2D eigenvalue weighted by molar-refractivity contribution is -0.310. The molecule has 0 aliphatic heterocycles. The molecule has 144 valence electrons. The van der Waals surface area contributed by atoms with E-state index in [4.69, 9.17) is 11.6 Å². The van der Waals surface area contributed by atoms with Crippen LogP contribution in [0.1, 0.15) is 24.2 Å². The van der Waals surface area contributed by atoms with E-state index in [0.29, 0.717) is 0 Å². The van der Waals surface area contributed by atoms with Gasteiger partial charge in [0.1, 0.15) is 0 Å². The van der Waals surface area contributed by atoms with Gasteiger partial charge < -0.3 is 25.2 Å². The van der Waals surface area contributed by atoms with Gasteiger partial charge in [-0.25, -0.2) is 0 Å². The molecule has 2 N–H and O–H groups in total. The lowest BCUT2D eigenvalue weighted by atomic mass is 10.1. The number of rotatable bonds is 5. The van der Waals surface area contributed by atoms with Crippen LogP contribution in [0.4, 0.5) is 18.9 Å². The number of carboxylic acid groups (broad SMARTS) is 1. The molecule has 0 spiro atoms. The molecule has 7 nitrogen and oxygen atoms in total. The zero-order valence-corrected chi connectivity index (χ0v) is 14.6.